The maximum absolute atomic E-state index is 12.7. The van der Waals surface area contributed by atoms with Gasteiger partial charge in [0, 0.05) is 18.7 Å². The molecule has 3 rings (SSSR count). The monoisotopic (exact) mass is 367 g/mol. The van der Waals surface area contributed by atoms with Crippen LogP contribution < -0.4 is 4.74 Å². The first-order chi connectivity index (χ1) is 13.1. The van der Waals surface area contributed by atoms with E-state index in [0.29, 0.717) is 17.0 Å². The van der Waals surface area contributed by atoms with Crippen molar-refractivity contribution in [2.24, 2.45) is 5.92 Å². The van der Waals surface area contributed by atoms with E-state index in [1.54, 1.807) is 31.4 Å². The maximum atomic E-state index is 12.7. The number of carbonyl (C=O) groups is 2. The minimum Gasteiger partial charge on any atom is -0.497 e. The standard InChI is InChI=1S/C22H25NO4/c1-26-20-9-3-16(4-10-20)15-17-11-13-23(14-12-17)21(24)18-5-7-19(8-6-18)22(25)27-2/h3-10,17H,11-15H2,1-2H3. The molecule has 27 heavy (non-hydrogen) atoms. The molecular formula is C22H25NO4. The van der Waals surface area contributed by atoms with E-state index < -0.39 is 5.97 Å². The lowest BCUT2D eigenvalue weighted by Crippen LogP contribution is -2.38. The van der Waals surface area contributed by atoms with Crippen molar-refractivity contribution in [1.82, 2.24) is 4.90 Å². The summed E-state index contributed by atoms with van der Waals surface area (Å²) in [5, 5.41) is 0. The van der Waals surface area contributed by atoms with Crippen LogP contribution in [0.1, 0.15) is 39.1 Å². The molecule has 1 fully saturated rings. The Bertz CT molecular complexity index is 775. The Morgan fingerprint density at radius 3 is 2.07 bits per heavy atom. The van der Waals surface area contributed by atoms with Crippen molar-refractivity contribution in [2.45, 2.75) is 19.3 Å². The molecule has 0 unspecified atom stereocenters. The molecule has 0 aromatic heterocycles. The minimum absolute atomic E-state index is 0.0225. The van der Waals surface area contributed by atoms with Crippen molar-refractivity contribution in [3.8, 4) is 5.75 Å². The maximum Gasteiger partial charge on any atom is 0.337 e. The van der Waals surface area contributed by atoms with Gasteiger partial charge in [-0.25, -0.2) is 4.79 Å². The Labute approximate surface area is 159 Å². The van der Waals surface area contributed by atoms with Gasteiger partial charge in [-0.2, -0.15) is 0 Å². The van der Waals surface area contributed by atoms with Gasteiger partial charge < -0.3 is 14.4 Å². The van der Waals surface area contributed by atoms with E-state index in [1.165, 1.54) is 12.7 Å². The van der Waals surface area contributed by atoms with Crippen LogP contribution in [-0.4, -0.2) is 44.1 Å². The van der Waals surface area contributed by atoms with Crippen LogP contribution in [0.4, 0.5) is 0 Å². The number of esters is 1. The number of nitrogens with zero attached hydrogens (tertiary/aromatic N) is 1. The van der Waals surface area contributed by atoms with Crippen molar-refractivity contribution >= 4 is 11.9 Å². The summed E-state index contributed by atoms with van der Waals surface area (Å²) in [6, 6.07) is 14.9. The van der Waals surface area contributed by atoms with Gasteiger partial charge in [-0.3, -0.25) is 4.79 Å². The van der Waals surface area contributed by atoms with E-state index in [4.69, 9.17) is 4.74 Å². The third kappa shape index (κ3) is 4.67. The molecule has 1 amide bonds. The van der Waals surface area contributed by atoms with Gasteiger partial charge in [-0.15, -0.1) is 0 Å². The molecular weight excluding hydrogens is 342 g/mol. The van der Waals surface area contributed by atoms with E-state index in [-0.39, 0.29) is 5.91 Å². The summed E-state index contributed by atoms with van der Waals surface area (Å²) in [5.74, 6) is 1.09. The molecule has 0 spiro atoms. The van der Waals surface area contributed by atoms with Crippen molar-refractivity contribution in [2.75, 3.05) is 27.3 Å². The smallest absolute Gasteiger partial charge is 0.337 e. The number of piperidine rings is 1. The van der Waals surface area contributed by atoms with Crippen molar-refractivity contribution in [1.29, 1.82) is 0 Å². The molecule has 1 aliphatic rings. The van der Waals surface area contributed by atoms with Crippen LogP contribution in [0.25, 0.3) is 0 Å². The summed E-state index contributed by atoms with van der Waals surface area (Å²) < 4.78 is 9.88. The predicted octanol–water partition coefficient (Wildman–Crippen LogP) is 3.58. The van der Waals surface area contributed by atoms with Crippen LogP contribution in [0, 0.1) is 5.92 Å². The number of hydrogen-bond donors (Lipinski definition) is 0. The van der Waals surface area contributed by atoms with Crippen LogP contribution in [0.15, 0.2) is 48.5 Å². The predicted molar refractivity (Wildman–Crippen MR) is 103 cm³/mol. The Kier molecular flexibility index (Phi) is 6.12. The highest BCUT2D eigenvalue weighted by molar-refractivity contribution is 5.96. The molecule has 5 heteroatoms. The summed E-state index contributed by atoms with van der Waals surface area (Å²) >= 11 is 0. The number of carbonyl (C=O) groups excluding carboxylic acids is 2. The molecule has 0 N–H and O–H groups in total. The van der Waals surface area contributed by atoms with E-state index in [0.717, 1.165) is 38.1 Å². The largest absolute Gasteiger partial charge is 0.497 e. The molecule has 1 saturated heterocycles. The first-order valence-corrected chi connectivity index (χ1v) is 9.21. The third-order valence-corrected chi connectivity index (χ3v) is 5.14. The average Bonchev–Trinajstić information content (AvgIpc) is 2.74. The first kappa shape index (κ1) is 19.0. The van der Waals surface area contributed by atoms with E-state index in [2.05, 4.69) is 16.9 Å². The molecule has 142 valence electrons. The van der Waals surface area contributed by atoms with Crippen LogP contribution in [0.5, 0.6) is 5.75 Å². The fourth-order valence-electron chi connectivity index (χ4n) is 3.48. The zero-order valence-electron chi connectivity index (χ0n) is 15.8. The fraction of sp³-hybridized carbons (Fsp3) is 0.364. The highest BCUT2D eigenvalue weighted by atomic mass is 16.5. The lowest BCUT2D eigenvalue weighted by atomic mass is 9.90. The summed E-state index contributed by atoms with van der Waals surface area (Å²) in [6.07, 6.45) is 3.02. The van der Waals surface area contributed by atoms with Gasteiger partial charge in [0.2, 0.25) is 0 Å². The Balaban J connectivity index is 1.53. The second kappa shape index (κ2) is 8.71. The molecule has 1 heterocycles. The molecule has 2 aromatic carbocycles. The number of amides is 1. The summed E-state index contributed by atoms with van der Waals surface area (Å²) in [4.78, 5) is 26.1. The summed E-state index contributed by atoms with van der Waals surface area (Å²) in [5.41, 5.74) is 2.36. The lowest BCUT2D eigenvalue weighted by molar-refractivity contribution is 0.0599. The number of benzene rings is 2. The Morgan fingerprint density at radius 2 is 1.52 bits per heavy atom. The van der Waals surface area contributed by atoms with Gasteiger partial charge in [0.25, 0.3) is 5.91 Å². The highest BCUT2D eigenvalue weighted by Gasteiger charge is 2.24. The van der Waals surface area contributed by atoms with E-state index >= 15 is 0 Å². The Morgan fingerprint density at radius 1 is 0.926 bits per heavy atom. The van der Waals surface area contributed by atoms with Gasteiger partial charge >= 0.3 is 5.97 Å². The topological polar surface area (TPSA) is 55.8 Å². The average molecular weight is 367 g/mol. The van der Waals surface area contributed by atoms with Crippen LogP contribution in [-0.2, 0) is 11.2 Å². The van der Waals surface area contributed by atoms with Crippen LogP contribution in [0.3, 0.4) is 0 Å². The molecule has 1 aliphatic heterocycles. The number of hydrogen-bond acceptors (Lipinski definition) is 4. The number of ether oxygens (including phenoxy) is 2. The van der Waals surface area contributed by atoms with Gasteiger partial charge in [0.1, 0.15) is 5.75 Å². The quantitative estimate of drug-likeness (QED) is 0.758. The van der Waals surface area contributed by atoms with E-state index in [1.807, 2.05) is 17.0 Å². The molecule has 5 nitrogen and oxygen atoms in total. The van der Waals surface area contributed by atoms with Crippen molar-refractivity contribution in [3.63, 3.8) is 0 Å². The van der Waals surface area contributed by atoms with Gasteiger partial charge in [0.15, 0.2) is 0 Å². The molecule has 2 aromatic rings. The van der Waals surface area contributed by atoms with Crippen molar-refractivity contribution < 1.29 is 19.1 Å². The highest BCUT2D eigenvalue weighted by Crippen LogP contribution is 2.24. The molecule has 0 aliphatic carbocycles. The second-order valence-corrected chi connectivity index (χ2v) is 6.86. The summed E-state index contributed by atoms with van der Waals surface area (Å²) in [7, 11) is 3.02. The fourth-order valence-corrected chi connectivity index (χ4v) is 3.48. The number of methoxy groups -OCH3 is 2. The Hall–Kier alpha value is -2.82. The first-order valence-electron chi connectivity index (χ1n) is 9.21. The lowest BCUT2D eigenvalue weighted by Gasteiger charge is -2.32. The van der Waals surface area contributed by atoms with E-state index in [9.17, 15) is 9.59 Å². The minimum atomic E-state index is -0.395. The zero-order valence-corrected chi connectivity index (χ0v) is 15.8. The van der Waals surface area contributed by atoms with Gasteiger partial charge in [-0.1, -0.05) is 12.1 Å². The molecule has 0 atom stereocenters. The number of likely N-dealkylation sites (tertiary alicyclic amines) is 1. The number of rotatable bonds is 5. The van der Waals surface area contributed by atoms with Crippen LogP contribution >= 0.6 is 0 Å². The normalized spacial score (nSPS) is 14.7. The second-order valence-electron chi connectivity index (χ2n) is 6.86. The summed E-state index contributed by atoms with van der Waals surface area (Å²) in [6.45, 7) is 1.52. The molecule has 0 saturated carbocycles. The third-order valence-electron chi connectivity index (χ3n) is 5.14. The van der Waals surface area contributed by atoms with Gasteiger partial charge in [-0.05, 0) is 67.1 Å². The SMILES string of the molecule is COC(=O)c1ccc(C(=O)N2CCC(Cc3ccc(OC)cc3)CC2)cc1. The van der Waals surface area contributed by atoms with Crippen LogP contribution in [0.2, 0.25) is 0 Å². The zero-order chi connectivity index (χ0) is 19.2. The molecule has 0 bridgehead atoms. The molecule has 0 radical (unpaired) electrons. The van der Waals surface area contributed by atoms with Gasteiger partial charge in [0.05, 0.1) is 19.8 Å². The van der Waals surface area contributed by atoms with Crippen molar-refractivity contribution in [3.05, 3.63) is 65.2 Å².